The molecule has 0 saturated carbocycles. The zero-order valence-corrected chi connectivity index (χ0v) is 14.7. The minimum absolute atomic E-state index is 0.107. The Morgan fingerprint density at radius 2 is 1.75 bits per heavy atom. The second-order valence-electron chi connectivity index (χ2n) is 5.08. The number of aryl methyl sites for hydroxylation is 1. The van der Waals surface area contributed by atoms with Crippen molar-refractivity contribution in [2.24, 2.45) is 0 Å². The molecule has 24 heavy (non-hydrogen) atoms. The Morgan fingerprint density at radius 3 is 2.42 bits per heavy atom. The van der Waals surface area contributed by atoms with E-state index < -0.39 is 10.0 Å². The molecule has 7 heteroatoms. The maximum absolute atomic E-state index is 12.3. The fourth-order valence-corrected chi connectivity index (χ4v) is 3.15. The molecule has 0 atom stereocenters. The first-order chi connectivity index (χ1) is 11.5. The average Bonchev–Trinajstić information content (AvgIpc) is 2.58. The monoisotopic (exact) mass is 351 g/mol. The first-order valence-corrected chi connectivity index (χ1v) is 8.86. The Hall–Kier alpha value is -2.25. The first kappa shape index (κ1) is 18.1. The van der Waals surface area contributed by atoms with E-state index in [1.165, 1.54) is 26.4 Å². The molecule has 1 N–H and O–H groups in total. The summed E-state index contributed by atoms with van der Waals surface area (Å²) in [6, 6.07) is 12.0. The molecule has 2 aromatic rings. The minimum Gasteiger partial charge on any atom is -0.493 e. The van der Waals surface area contributed by atoms with Gasteiger partial charge in [0.25, 0.3) is 0 Å². The molecule has 0 aliphatic carbocycles. The fraction of sp³-hybridized carbons (Fsp3) is 0.294. The third-order valence-corrected chi connectivity index (χ3v) is 4.78. The van der Waals surface area contributed by atoms with Gasteiger partial charge in [-0.1, -0.05) is 12.1 Å². The SMILES string of the molecule is COc1ccc(S(=O)(=O)NCCOc2cccc(C)c2)cc1OC. The molecule has 0 saturated heterocycles. The standard InChI is InChI=1S/C17H21NO5S/c1-13-5-4-6-14(11-13)23-10-9-18-24(19,20)15-7-8-16(21-2)17(12-15)22-3/h4-8,11-12,18H,9-10H2,1-3H3. The van der Waals surface area contributed by atoms with Crippen LogP contribution in [-0.4, -0.2) is 35.8 Å². The van der Waals surface area contributed by atoms with Crippen LogP contribution in [0.3, 0.4) is 0 Å². The van der Waals surface area contributed by atoms with Crippen molar-refractivity contribution in [3.05, 3.63) is 48.0 Å². The van der Waals surface area contributed by atoms with Crippen molar-refractivity contribution in [1.82, 2.24) is 4.72 Å². The zero-order chi connectivity index (χ0) is 17.6. The largest absolute Gasteiger partial charge is 0.493 e. The maximum atomic E-state index is 12.3. The summed E-state index contributed by atoms with van der Waals surface area (Å²) in [7, 11) is -0.697. The van der Waals surface area contributed by atoms with Crippen LogP contribution in [0.2, 0.25) is 0 Å². The van der Waals surface area contributed by atoms with Crippen LogP contribution in [-0.2, 0) is 10.0 Å². The summed E-state index contributed by atoms with van der Waals surface area (Å²) in [4.78, 5) is 0.107. The summed E-state index contributed by atoms with van der Waals surface area (Å²) in [6.07, 6.45) is 0. The number of nitrogens with one attached hydrogen (secondary N) is 1. The van der Waals surface area contributed by atoms with Crippen molar-refractivity contribution in [1.29, 1.82) is 0 Å². The molecule has 0 spiro atoms. The highest BCUT2D eigenvalue weighted by Gasteiger charge is 2.16. The molecule has 0 aliphatic rings. The molecule has 0 unspecified atom stereocenters. The molecular weight excluding hydrogens is 330 g/mol. The van der Waals surface area contributed by atoms with E-state index in [1.54, 1.807) is 6.07 Å². The molecule has 0 bridgehead atoms. The Kier molecular flexibility index (Phi) is 6.05. The predicted molar refractivity (Wildman–Crippen MR) is 91.4 cm³/mol. The lowest BCUT2D eigenvalue weighted by atomic mass is 10.2. The molecule has 130 valence electrons. The molecule has 0 amide bonds. The van der Waals surface area contributed by atoms with E-state index in [0.29, 0.717) is 17.2 Å². The summed E-state index contributed by atoms with van der Waals surface area (Å²) >= 11 is 0. The molecule has 0 aliphatic heterocycles. The van der Waals surface area contributed by atoms with Crippen LogP contribution in [0.5, 0.6) is 17.2 Å². The van der Waals surface area contributed by atoms with Crippen LogP contribution in [0, 0.1) is 6.92 Å². The van der Waals surface area contributed by atoms with E-state index >= 15 is 0 Å². The highest BCUT2D eigenvalue weighted by molar-refractivity contribution is 7.89. The van der Waals surface area contributed by atoms with Crippen LogP contribution in [0.15, 0.2) is 47.4 Å². The predicted octanol–water partition coefficient (Wildman–Crippen LogP) is 2.37. The van der Waals surface area contributed by atoms with Gasteiger partial charge in [-0.25, -0.2) is 13.1 Å². The van der Waals surface area contributed by atoms with E-state index in [-0.39, 0.29) is 18.0 Å². The first-order valence-electron chi connectivity index (χ1n) is 7.37. The lowest BCUT2D eigenvalue weighted by molar-refractivity contribution is 0.322. The highest BCUT2D eigenvalue weighted by atomic mass is 32.2. The summed E-state index contributed by atoms with van der Waals surface area (Å²) in [5.41, 5.74) is 1.08. The van der Waals surface area contributed by atoms with Gasteiger partial charge in [-0.05, 0) is 36.8 Å². The van der Waals surface area contributed by atoms with Crippen molar-refractivity contribution in [2.45, 2.75) is 11.8 Å². The van der Waals surface area contributed by atoms with Gasteiger partial charge in [-0.2, -0.15) is 0 Å². The number of methoxy groups -OCH3 is 2. The lowest BCUT2D eigenvalue weighted by Gasteiger charge is -2.11. The summed E-state index contributed by atoms with van der Waals surface area (Å²) in [6.45, 7) is 2.35. The molecule has 2 aromatic carbocycles. The summed E-state index contributed by atoms with van der Waals surface area (Å²) in [5, 5.41) is 0. The van der Waals surface area contributed by atoms with Crippen LogP contribution in [0.4, 0.5) is 0 Å². The topological polar surface area (TPSA) is 73.9 Å². The summed E-state index contributed by atoms with van der Waals surface area (Å²) in [5.74, 6) is 1.54. The Balaban J connectivity index is 1.96. The highest BCUT2D eigenvalue weighted by Crippen LogP contribution is 2.29. The second-order valence-corrected chi connectivity index (χ2v) is 6.85. The van der Waals surface area contributed by atoms with Gasteiger partial charge >= 0.3 is 0 Å². The minimum atomic E-state index is -3.65. The smallest absolute Gasteiger partial charge is 0.240 e. The maximum Gasteiger partial charge on any atom is 0.240 e. The van der Waals surface area contributed by atoms with Gasteiger partial charge in [0.15, 0.2) is 11.5 Å². The van der Waals surface area contributed by atoms with Crippen molar-refractivity contribution in [2.75, 3.05) is 27.4 Å². The Morgan fingerprint density at radius 1 is 1.00 bits per heavy atom. The van der Waals surface area contributed by atoms with E-state index in [4.69, 9.17) is 14.2 Å². The summed E-state index contributed by atoms with van der Waals surface area (Å²) < 4.78 is 42.9. The molecule has 0 radical (unpaired) electrons. The molecule has 0 fully saturated rings. The number of sulfonamides is 1. The second kappa shape index (κ2) is 8.03. The molecule has 0 aromatic heterocycles. The Bertz CT molecular complexity index is 789. The lowest BCUT2D eigenvalue weighted by Crippen LogP contribution is -2.28. The normalized spacial score (nSPS) is 11.1. The number of hydrogen-bond donors (Lipinski definition) is 1. The van der Waals surface area contributed by atoms with Gasteiger partial charge in [0.1, 0.15) is 12.4 Å². The number of rotatable bonds is 8. The molecular formula is C17H21NO5S. The van der Waals surface area contributed by atoms with Gasteiger partial charge in [0, 0.05) is 12.6 Å². The van der Waals surface area contributed by atoms with Gasteiger partial charge in [0.05, 0.1) is 19.1 Å². The third-order valence-electron chi connectivity index (χ3n) is 3.32. The van der Waals surface area contributed by atoms with E-state index in [1.807, 2.05) is 31.2 Å². The van der Waals surface area contributed by atoms with Gasteiger partial charge in [0.2, 0.25) is 10.0 Å². The van der Waals surface area contributed by atoms with Gasteiger partial charge < -0.3 is 14.2 Å². The quantitative estimate of drug-likeness (QED) is 0.739. The van der Waals surface area contributed by atoms with E-state index in [0.717, 1.165) is 5.56 Å². The van der Waals surface area contributed by atoms with Crippen LogP contribution < -0.4 is 18.9 Å². The molecule has 6 nitrogen and oxygen atoms in total. The fourth-order valence-electron chi connectivity index (χ4n) is 2.12. The van der Waals surface area contributed by atoms with Gasteiger partial charge in [-0.15, -0.1) is 0 Å². The van der Waals surface area contributed by atoms with Gasteiger partial charge in [-0.3, -0.25) is 0 Å². The van der Waals surface area contributed by atoms with E-state index in [9.17, 15) is 8.42 Å². The zero-order valence-electron chi connectivity index (χ0n) is 13.9. The van der Waals surface area contributed by atoms with Crippen molar-refractivity contribution in [3.8, 4) is 17.2 Å². The third kappa shape index (κ3) is 4.62. The molecule has 0 heterocycles. The van der Waals surface area contributed by atoms with Crippen molar-refractivity contribution in [3.63, 3.8) is 0 Å². The van der Waals surface area contributed by atoms with Crippen molar-refractivity contribution >= 4 is 10.0 Å². The van der Waals surface area contributed by atoms with Crippen molar-refractivity contribution < 1.29 is 22.6 Å². The number of benzene rings is 2. The number of hydrogen-bond acceptors (Lipinski definition) is 5. The van der Waals surface area contributed by atoms with Crippen LogP contribution in [0.1, 0.15) is 5.56 Å². The van der Waals surface area contributed by atoms with Crippen LogP contribution >= 0.6 is 0 Å². The molecule has 2 rings (SSSR count). The number of ether oxygens (including phenoxy) is 3. The van der Waals surface area contributed by atoms with Crippen LogP contribution in [0.25, 0.3) is 0 Å². The average molecular weight is 351 g/mol. The van der Waals surface area contributed by atoms with E-state index in [2.05, 4.69) is 4.72 Å². The Labute approximate surface area is 142 Å².